The molecule has 1 heterocycles. The van der Waals surface area contributed by atoms with Crippen molar-refractivity contribution in [3.05, 3.63) is 28.8 Å². The molecule has 2 N–H and O–H groups in total. The zero-order valence-corrected chi connectivity index (χ0v) is 12.7. The average Bonchev–Trinajstić information content (AvgIpc) is 2.91. The maximum absolute atomic E-state index is 12.8. The summed E-state index contributed by atoms with van der Waals surface area (Å²) in [7, 11) is 2.86. The van der Waals surface area contributed by atoms with Gasteiger partial charge in [-0.05, 0) is 12.1 Å². The molecule has 0 spiro atoms. The molecule has 0 fully saturated rings. The molecule has 0 unspecified atom stereocenters. The smallest absolute Gasteiger partial charge is 0.435 e. The zero-order valence-electron chi connectivity index (χ0n) is 11.9. The number of halogens is 3. The summed E-state index contributed by atoms with van der Waals surface area (Å²) in [6, 6.07) is 4.59. The van der Waals surface area contributed by atoms with Crippen molar-refractivity contribution in [2.45, 2.75) is 6.18 Å². The van der Waals surface area contributed by atoms with Crippen LogP contribution >= 0.6 is 11.3 Å². The van der Waals surface area contributed by atoms with Gasteiger partial charge in [-0.3, -0.25) is 0 Å². The quantitative estimate of drug-likeness (QED) is 0.859. The van der Waals surface area contributed by atoms with Crippen LogP contribution in [0.4, 0.5) is 24.0 Å². The highest BCUT2D eigenvalue weighted by molar-refractivity contribution is 7.17. The highest BCUT2D eigenvalue weighted by atomic mass is 32.1. The zero-order chi connectivity index (χ0) is 17.2. The molecule has 6 nitrogen and oxygen atoms in total. The van der Waals surface area contributed by atoms with Gasteiger partial charge in [-0.15, -0.1) is 0 Å². The molecule has 124 valence electrons. The van der Waals surface area contributed by atoms with Crippen LogP contribution < -0.4 is 14.8 Å². The molecule has 0 aliphatic carbocycles. The molecule has 0 amide bonds. The number of anilines is 2. The van der Waals surface area contributed by atoms with Crippen molar-refractivity contribution in [1.82, 2.24) is 4.98 Å². The van der Waals surface area contributed by atoms with Crippen LogP contribution in [0.15, 0.2) is 18.2 Å². The SMILES string of the molecule is COc1ccc(Nc2nc(C(F)(F)F)c(C(=O)O)s2)cc1OC. The van der Waals surface area contributed by atoms with E-state index in [2.05, 4.69) is 10.3 Å². The molecular formula is C13H11F3N2O4S. The molecule has 0 bridgehead atoms. The number of rotatable bonds is 5. The fraction of sp³-hybridized carbons (Fsp3) is 0.231. The van der Waals surface area contributed by atoms with Gasteiger partial charge >= 0.3 is 12.1 Å². The monoisotopic (exact) mass is 348 g/mol. The van der Waals surface area contributed by atoms with E-state index >= 15 is 0 Å². The van der Waals surface area contributed by atoms with Crippen LogP contribution in [0.5, 0.6) is 11.5 Å². The number of aromatic nitrogens is 1. The first-order valence-electron chi connectivity index (χ1n) is 6.06. The molecule has 0 saturated heterocycles. The van der Waals surface area contributed by atoms with Gasteiger partial charge in [0.2, 0.25) is 0 Å². The van der Waals surface area contributed by atoms with Gasteiger partial charge in [0, 0.05) is 11.8 Å². The Morgan fingerprint density at radius 2 is 1.91 bits per heavy atom. The Morgan fingerprint density at radius 1 is 1.26 bits per heavy atom. The number of carboxylic acids is 1. The van der Waals surface area contributed by atoms with Crippen LogP contribution in [0.2, 0.25) is 0 Å². The number of aromatic carboxylic acids is 1. The number of nitrogens with zero attached hydrogens (tertiary/aromatic N) is 1. The second-order valence-electron chi connectivity index (χ2n) is 4.19. The third-order valence-corrected chi connectivity index (χ3v) is 3.68. The predicted octanol–water partition coefficient (Wildman–Crippen LogP) is 3.62. The lowest BCUT2D eigenvalue weighted by molar-refractivity contribution is -0.141. The van der Waals surface area contributed by atoms with Gasteiger partial charge in [-0.2, -0.15) is 13.2 Å². The molecule has 10 heteroatoms. The summed E-state index contributed by atoms with van der Waals surface area (Å²) in [5.41, 5.74) is -1.06. The molecule has 0 aliphatic heterocycles. The lowest BCUT2D eigenvalue weighted by Gasteiger charge is -2.09. The van der Waals surface area contributed by atoms with Crippen LogP contribution in [0.1, 0.15) is 15.4 Å². The van der Waals surface area contributed by atoms with E-state index < -0.39 is 22.7 Å². The number of hydrogen-bond acceptors (Lipinski definition) is 6. The molecule has 1 aromatic heterocycles. The van der Waals surface area contributed by atoms with Crippen LogP contribution in [0, 0.1) is 0 Å². The molecule has 2 rings (SSSR count). The summed E-state index contributed by atoms with van der Waals surface area (Å²) >= 11 is 0.399. The Hall–Kier alpha value is -2.49. The van der Waals surface area contributed by atoms with Crippen molar-refractivity contribution in [2.75, 3.05) is 19.5 Å². The Bertz CT molecular complexity index is 730. The van der Waals surface area contributed by atoms with E-state index in [9.17, 15) is 18.0 Å². The third kappa shape index (κ3) is 3.65. The van der Waals surface area contributed by atoms with Crippen LogP contribution in [-0.4, -0.2) is 30.3 Å². The molecule has 23 heavy (non-hydrogen) atoms. The van der Waals surface area contributed by atoms with E-state index in [1.807, 2.05) is 0 Å². The van der Waals surface area contributed by atoms with E-state index in [0.717, 1.165) is 0 Å². The van der Waals surface area contributed by atoms with Gasteiger partial charge in [-0.1, -0.05) is 11.3 Å². The second kappa shape index (κ2) is 6.32. The lowest BCUT2D eigenvalue weighted by Crippen LogP contribution is -2.11. The third-order valence-electron chi connectivity index (χ3n) is 2.72. The first-order valence-corrected chi connectivity index (χ1v) is 6.88. The van der Waals surface area contributed by atoms with E-state index in [-0.39, 0.29) is 5.13 Å². The number of carboxylic acid groups (broad SMARTS) is 1. The summed E-state index contributed by atoms with van der Waals surface area (Å²) in [5.74, 6) is -0.877. The van der Waals surface area contributed by atoms with E-state index in [1.165, 1.54) is 26.4 Å². The van der Waals surface area contributed by atoms with Crippen molar-refractivity contribution in [3.8, 4) is 11.5 Å². The van der Waals surface area contributed by atoms with Crippen molar-refractivity contribution < 1.29 is 32.5 Å². The fourth-order valence-electron chi connectivity index (χ4n) is 1.75. The largest absolute Gasteiger partial charge is 0.493 e. The van der Waals surface area contributed by atoms with Gasteiger partial charge in [0.05, 0.1) is 14.2 Å². The maximum Gasteiger partial charge on any atom is 0.435 e. The predicted molar refractivity (Wildman–Crippen MR) is 76.9 cm³/mol. The minimum absolute atomic E-state index is 0.193. The summed E-state index contributed by atoms with van der Waals surface area (Å²) in [4.78, 5) is 13.4. The van der Waals surface area contributed by atoms with Gasteiger partial charge in [-0.25, -0.2) is 9.78 Å². The summed E-state index contributed by atoms with van der Waals surface area (Å²) < 4.78 is 48.5. The molecule has 0 aliphatic rings. The van der Waals surface area contributed by atoms with E-state index in [0.29, 0.717) is 28.5 Å². The number of methoxy groups -OCH3 is 2. The van der Waals surface area contributed by atoms with Gasteiger partial charge in [0.25, 0.3) is 0 Å². The number of alkyl halides is 3. The molecule has 1 aromatic carbocycles. The molecule has 0 saturated carbocycles. The number of carbonyl (C=O) groups is 1. The standard InChI is InChI=1S/C13H11F3N2O4S/c1-21-7-4-3-6(5-8(7)22-2)17-12-18-10(13(14,15)16)9(23-12)11(19)20/h3-5H,1-2H3,(H,17,18)(H,19,20). The van der Waals surface area contributed by atoms with Crippen molar-refractivity contribution in [3.63, 3.8) is 0 Å². The van der Waals surface area contributed by atoms with Crippen molar-refractivity contribution in [2.24, 2.45) is 0 Å². The normalized spacial score (nSPS) is 11.2. The number of nitrogens with one attached hydrogen (secondary N) is 1. The highest BCUT2D eigenvalue weighted by Gasteiger charge is 2.39. The first-order chi connectivity index (χ1) is 10.8. The highest BCUT2D eigenvalue weighted by Crippen LogP contribution is 2.38. The van der Waals surface area contributed by atoms with Crippen LogP contribution in [0.3, 0.4) is 0 Å². The number of ether oxygens (including phenoxy) is 2. The number of thiazole rings is 1. The molecule has 0 atom stereocenters. The summed E-state index contributed by atoms with van der Waals surface area (Å²) in [5, 5.41) is 11.3. The Kier molecular flexibility index (Phi) is 4.64. The maximum atomic E-state index is 12.8. The Balaban J connectivity index is 2.36. The van der Waals surface area contributed by atoms with Crippen LogP contribution in [-0.2, 0) is 6.18 Å². The van der Waals surface area contributed by atoms with Gasteiger partial charge < -0.3 is 19.9 Å². The molecular weight excluding hydrogens is 337 g/mol. The Labute approximate surface area is 132 Å². The lowest BCUT2D eigenvalue weighted by atomic mass is 10.3. The first kappa shape index (κ1) is 16.9. The summed E-state index contributed by atoms with van der Waals surface area (Å²) in [6.07, 6.45) is -4.85. The number of hydrogen-bond donors (Lipinski definition) is 2. The van der Waals surface area contributed by atoms with Crippen molar-refractivity contribution >= 4 is 28.1 Å². The van der Waals surface area contributed by atoms with Crippen LogP contribution in [0.25, 0.3) is 0 Å². The van der Waals surface area contributed by atoms with Gasteiger partial charge in [0.15, 0.2) is 22.3 Å². The fourth-order valence-corrected chi connectivity index (χ4v) is 2.59. The van der Waals surface area contributed by atoms with Crippen molar-refractivity contribution in [1.29, 1.82) is 0 Å². The Morgan fingerprint density at radius 3 is 2.39 bits per heavy atom. The summed E-state index contributed by atoms with van der Waals surface area (Å²) in [6.45, 7) is 0. The average molecular weight is 348 g/mol. The van der Waals surface area contributed by atoms with E-state index in [1.54, 1.807) is 6.07 Å². The topological polar surface area (TPSA) is 80.7 Å². The van der Waals surface area contributed by atoms with E-state index in [4.69, 9.17) is 14.6 Å². The molecule has 2 aromatic rings. The molecule has 0 radical (unpaired) electrons. The second-order valence-corrected chi connectivity index (χ2v) is 5.19. The minimum atomic E-state index is -4.85. The number of benzene rings is 1. The minimum Gasteiger partial charge on any atom is -0.493 e. The van der Waals surface area contributed by atoms with Gasteiger partial charge in [0.1, 0.15) is 4.88 Å².